The molecular weight excluding hydrogens is 387 g/mol. The number of nitrogens with zero attached hydrogens (tertiary/aromatic N) is 3. The largest absolute Gasteiger partial charge is 0.430 e. The molecule has 0 aromatic carbocycles. The Morgan fingerprint density at radius 1 is 1.20 bits per heavy atom. The normalized spacial score (nSPS) is 10.5. The van der Waals surface area contributed by atoms with Crippen molar-refractivity contribution < 1.29 is 4.42 Å². The molecule has 0 spiro atoms. The van der Waals surface area contributed by atoms with Crippen LogP contribution in [0.5, 0.6) is 0 Å². The van der Waals surface area contributed by atoms with Gasteiger partial charge in [-0.15, -0.1) is 37.2 Å². The number of hydrogen-bond donors (Lipinski definition) is 3. The van der Waals surface area contributed by atoms with Crippen molar-refractivity contribution in [3.8, 4) is 11.4 Å². The molecule has 0 aliphatic heterocycles. The fourth-order valence-electron chi connectivity index (χ4n) is 1.80. The van der Waals surface area contributed by atoms with Crippen molar-refractivity contribution in [3.05, 3.63) is 30.2 Å². The van der Waals surface area contributed by atoms with E-state index in [4.69, 9.17) is 15.9 Å². The van der Waals surface area contributed by atoms with Gasteiger partial charge >= 0.3 is 6.01 Å². The van der Waals surface area contributed by atoms with Crippen molar-refractivity contribution in [2.75, 3.05) is 6.54 Å². The molecule has 0 fully saturated rings. The Bertz CT molecular complexity index is 648. The SMILES string of the molecule is CC(C)CCNC(N)=Nc1nc(-c2cccc(CN)n2)co1.Cl.Cl.Cl. The maximum atomic E-state index is 5.79. The summed E-state index contributed by atoms with van der Waals surface area (Å²) in [6.45, 7) is 5.44. The molecule has 0 aliphatic rings. The summed E-state index contributed by atoms with van der Waals surface area (Å²) in [5.74, 6) is 0.896. The van der Waals surface area contributed by atoms with E-state index in [1.807, 2.05) is 18.2 Å². The Kier molecular flexibility index (Phi) is 13.1. The molecule has 0 saturated carbocycles. The lowest BCUT2D eigenvalue weighted by molar-refractivity contribution is 0.565. The summed E-state index contributed by atoms with van der Waals surface area (Å²) in [6, 6.07) is 5.78. The quantitative estimate of drug-likeness (QED) is 0.497. The average molecular weight is 412 g/mol. The van der Waals surface area contributed by atoms with E-state index < -0.39 is 0 Å². The maximum Gasteiger partial charge on any atom is 0.325 e. The first-order valence-electron chi connectivity index (χ1n) is 7.28. The van der Waals surface area contributed by atoms with Crippen LogP contribution in [0.2, 0.25) is 0 Å². The number of halogens is 3. The molecule has 10 heteroatoms. The lowest BCUT2D eigenvalue weighted by atomic mass is 10.1. The second-order valence-corrected chi connectivity index (χ2v) is 5.34. The molecule has 0 saturated heterocycles. The number of nitrogens with one attached hydrogen (secondary N) is 1. The summed E-state index contributed by atoms with van der Waals surface area (Å²) in [7, 11) is 0. The van der Waals surface area contributed by atoms with Gasteiger partial charge in [-0.2, -0.15) is 9.98 Å². The van der Waals surface area contributed by atoms with E-state index in [0.717, 1.165) is 18.7 Å². The first-order valence-corrected chi connectivity index (χ1v) is 7.28. The second kappa shape index (κ2) is 12.8. The molecule has 0 unspecified atom stereocenters. The first-order chi connectivity index (χ1) is 10.6. The second-order valence-electron chi connectivity index (χ2n) is 5.34. The molecule has 0 amide bonds. The summed E-state index contributed by atoms with van der Waals surface area (Å²) in [4.78, 5) is 12.7. The Balaban J connectivity index is 0. The number of pyridine rings is 1. The fraction of sp³-hybridized carbons (Fsp3) is 0.400. The zero-order valence-electron chi connectivity index (χ0n) is 14.1. The number of aromatic nitrogens is 2. The first kappa shape index (κ1) is 25.7. The fourth-order valence-corrected chi connectivity index (χ4v) is 1.80. The predicted octanol–water partition coefficient (Wildman–Crippen LogP) is 3.04. The van der Waals surface area contributed by atoms with Crippen molar-refractivity contribution in [1.82, 2.24) is 15.3 Å². The molecule has 0 radical (unpaired) electrons. The standard InChI is InChI=1S/C15H22N6O.3ClH/c1-10(2)6-7-18-14(17)21-15-20-13(9-22-15)12-5-3-4-11(8-16)19-12;;;/h3-5,9-10H,6-8,16H2,1-2H3,(H3,17,18,20,21);3*1H. The summed E-state index contributed by atoms with van der Waals surface area (Å²) in [6.07, 6.45) is 2.52. The van der Waals surface area contributed by atoms with Crippen LogP contribution in [-0.2, 0) is 6.54 Å². The van der Waals surface area contributed by atoms with Crippen molar-refractivity contribution in [2.24, 2.45) is 22.4 Å². The molecule has 5 N–H and O–H groups in total. The third kappa shape index (κ3) is 8.40. The van der Waals surface area contributed by atoms with Crippen LogP contribution in [0.4, 0.5) is 6.01 Å². The molecule has 0 bridgehead atoms. The van der Waals surface area contributed by atoms with Gasteiger partial charge in [0.15, 0.2) is 5.96 Å². The molecule has 25 heavy (non-hydrogen) atoms. The molecule has 142 valence electrons. The molecule has 7 nitrogen and oxygen atoms in total. The molecule has 2 aromatic rings. The van der Waals surface area contributed by atoms with Gasteiger partial charge in [0.25, 0.3) is 0 Å². The van der Waals surface area contributed by atoms with Crippen LogP contribution >= 0.6 is 37.2 Å². The molecule has 0 aliphatic carbocycles. The highest BCUT2D eigenvalue weighted by Crippen LogP contribution is 2.20. The topological polar surface area (TPSA) is 115 Å². The van der Waals surface area contributed by atoms with E-state index in [0.29, 0.717) is 23.9 Å². The van der Waals surface area contributed by atoms with Crippen molar-refractivity contribution >= 4 is 49.2 Å². The number of guanidine groups is 1. The molecule has 0 atom stereocenters. The van der Waals surface area contributed by atoms with Crippen molar-refractivity contribution in [2.45, 2.75) is 26.8 Å². The third-order valence-corrected chi connectivity index (χ3v) is 3.01. The highest BCUT2D eigenvalue weighted by Gasteiger charge is 2.08. The van der Waals surface area contributed by atoms with E-state index in [1.165, 1.54) is 6.26 Å². The number of oxazole rings is 1. The molecule has 2 heterocycles. The van der Waals surface area contributed by atoms with E-state index in [1.54, 1.807) is 0 Å². The Labute approximate surface area is 166 Å². The highest BCUT2D eigenvalue weighted by molar-refractivity contribution is 5.86. The van der Waals surface area contributed by atoms with Gasteiger partial charge in [-0.25, -0.2) is 4.98 Å². The Morgan fingerprint density at radius 3 is 2.56 bits per heavy atom. The third-order valence-electron chi connectivity index (χ3n) is 3.01. The number of rotatable bonds is 6. The maximum absolute atomic E-state index is 5.79. The van der Waals surface area contributed by atoms with Gasteiger partial charge in [0, 0.05) is 13.1 Å². The van der Waals surface area contributed by atoms with Gasteiger partial charge in [0.1, 0.15) is 12.0 Å². The lowest BCUT2D eigenvalue weighted by Crippen LogP contribution is -2.32. The number of hydrogen-bond acceptors (Lipinski definition) is 5. The van der Waals surface area contributed by atoms with Crippen LogP contribution in [0.1, 0.15) is 26.0 Å². The van der Waals surface area contributed by atoms with Crippen LogP contribution in [0.3, 0.4) is 0 Å². The van der Waals surface area contributed by atoms with Crippen LogP contribution in [-0.4, -0.2) is 22.5 Å². The van der Waals surface area contributed by atoms with Crippen LogP contribution in [0.15, 0.2) is 33.9 Å². The predicted molar refractivity (Wildman–Crippen MR) is 108 cm³/mol. The minimum atomic E-state index is 0. The van der Waals surface area contributed by atoms with Crippen LogP contribution < -0.4 is 16.8 Å². The molecule has 2 rings (SSSR count). The van der Waals surface area contributed by atoms with E-state index in [9.17, 15) is 0 Å². The highest BCUT2D eigenvalue weighted by atomic mass is 35.5. The van der Waals surface area contributed by atoms with E-state index >= 15 is 0 Å². The minimum Gasteiger partial charge on any atom is -0.430 e. The summed E-state index contributed by atoms with van der Waals surface area (Å²) < 4.78 is 5.30. The minimum absolute atomic E-state index is 0. The van der Waals surface area contributed by atoms with Crippen LogP contribution in [0.25, 0.3) is 11.4 Å². The summed E-state index contributed by atoms with van der Waals surface area (Å²) in [5.41, 5.74) is 13.5. The number of nitrogens with two attached hydrogens (primary N) is 2. The van der Waals surface area contributed by atoms with Crippen molar-refractivity contribution in [1.29, 1.82) is 0 Å². The average Bonchev–Trinajstić information content (AvgIpc) is 2.95. The summed E-state index contributed by atoms with van der Waals surface area (Å²) in [5, 5.41) is 3.03. The summed E-state index contributed by atoms with van der Waals surface area (Å²) >= 11 is 0. The lowest BCUT2D eigenvalue weighted by Gasteiger charge is -2.06. The Morgan fingerprint density at radius 2 is 1.92 bits per heavy atom. The molecular formula is C15H25Cl3N6O. The van der Waals surface area contributed by atoms with E-state index in [-0.39, 0.29) is 49.2 Å². The zero-order chi connectivity index (χ0) is 15.9. The van der Waals surface area contributed by atoms with Gasteiger partial charge in [0.2, 0.25) is 0 Å². The van der Waals surface area contributed by atoms with Crippen molar-refractivity contribution in [3.63, 3.8) is 0 Å². The van der Waals surface area contributed by atoms with Gasteiger partial charge < -0.3 is 21.2 Å². The van der Waals surface area contributed by atoms with Gasteiger partial charge in [-0.1, -0.05) is 19.9 Å². The van der Waals surface area contributed by atoms with Crippen LogP contribution in [0, 0.1) is 5.92 Å². The monoisotopic (exact) mass is 410 g/mol. The molecule has 2 aromatic heterocycles. The number of aliphatic imine (C=N–C) groups is 1. The Hall–Kier alpha value is -1.54. The van der Waals surface area contributed by atoms with E-state index in [2.05, 4.69) is 34.1 Å². The smallest absolute Gasteiger partial charge is 0.325 e. The van der Waals surface area contributed by atoms with Gasteiger partial charge in [-0.3, -0.25) is 0 Å². The van der Waals surface area contributed by atoms with Gasteiger partial charge in [0.05, 0.1) is 11.4 Å². The zero-order valence-corrected chi connectivity index (χ0v) is 16.6. The van der Waals surface area contributed by atoms with Gasteiger partial charge in [-0.05, 0) is 24.5 Å².